The largest absolute Gasteiger partial charge is 0.458 e. The van der Waals surface area contributed by atoms with Gasteiger partial charge in [-0.15, -0.1) is 0 Å². The maximum Gasteiger partial charge on any atom is 0.334 e. The Kier molecular flexibility index (Phi) is 3.67. The van der Waals surface area contributed by atoms with Crippen molar-refractivity contribution in [2.45, 2.75) is 95.4 Å². The minimum atomic E-state index is -1.30. The average molecular weight is 395 g/mol. The maximum atomic E-state index is 12.0. The fourth-order valence-corrected chi connectivity index (χ4v) is 7.39. The second-order valence-electron chi connectivity index (χ2n) is 9.74. The van der Waals surface area contributed by atoms with Crippen LogP contribution in [-0.4, -0.2) is 57.9 Å². The summed E-state index contributed by atoms with van der Waals surface area (Å²) in [7, 11) is 0. The van der Waals surface area contributed by atoms with Crippen molar-refractivity contribution in [1.82, 2.24) is 0 Å². The monoisotopic (exact) mass is 394 g/mol. The minimum absolute atomic E-state index is 0. The highest BCUT2D eigenvalue weighted by Gasteiger charge is 2.93. The van der Waals surface area contributed by atoms with Crippen LogP contribution in [0.2, 0.25) is 0 Å². The highest BCUT2D eigenvalue weighted by Crippen LogP contribution is 2.77. The fourth-order valence-electron chi connectivity index (χ4n) is 7.39. The zero-order chi connectivity index (χ0) is 20.3. The van der Waals surface area contributed by atoms with E-state index in [4.69, 9.17) is 14.2 Å². The predicted molar refractivity (Wildman–Crippen MR) is 103 cm³/mol. The number of carbonyl (C=O) groups is 1. The topological polar surface area (TPSA) is 91.8 Å². The Balaban J connectivity index is 0.000000664. The van der Waals surface area contributed by atoms with Gasteiger partial charge >= 0.3 is 5.97 Å². The first-order valence-electron chi connectivity index (χ1n) is 10.9. The standard InChI is InChI=1S/C20H26O6.C2H6.H2/c1-9(2)19-13(25-19)14-20(26-14)17(3)6-4-10-11(8-24-15(10)21)12(17)5-7-18(20,23)16(19)22;1-2;/h9,12-14,16,22-23H,4-8H2,1-3H3;1-2H3;1H. The van der Waals surface area contributed by atoms with Gasteiger partial charge in [-0.3, -0.25) is 0 Å². The van der Waals surface area contributed by atoms with E-state index in [1.54, 1.807) is 0 Å². The molecule has 6 heteroatoms. The molecule has 0 aromatic heterocycles. The van der Waals surface area contributed by atoms with E-state index in [9.17, 15) is 15.0 Å². The van der Waals surface area contributed by atoms with Gasteiger partial charge in [0.1, 0.15) is 41.7 Å². The quantitative estimate of drug-likeness (QED) is 0.524. The average Bonchev–Trinajstić information content (AvgIpc) is 3.55. The van der Waals surface area contributed by atoms with Gasteiger partial charge in [0.2, 0.25) is 0 Å². The molecule has 28 heavy (non-hydrogen) atoms. The molecule has 0 aromatic carbocycles. The third-order valence-corrected chi connectivity index (χ3v) is 8.81. The van der Waals surface area contributed by atoms with Gasteiger partial charge in [-0.2, -0.15) is 0 Å². The molecule has 3 aliphatic carbocycles. The fraction of sp³-hybridized carbons (Fsp3) is 0.864. The molecule has 6 nitrogen and oxygen atoms in total. The molecule has 0 bridgehead atoms. The number of hydrogen-bond donors (Lipinski definition) is 2. The van der Waals surface area contributed by atoms with Gasteiger partial charge in [-0.25, -0.2) is 4.79 Å². The van der Waals surface area contributed by atoms with Crippen molar-refractivity contribution in [2.75, 3.05) is 6.61 Å². The van der Waals surface area contributed by atoms with Gasteiger partial charge in [0.15, 0.2) is 0 Å². The Bertz CT molecular complexity index is 781. The van der Waals surface area contributed by atoms with Gasteiger partial charge in [-0.1, -0.05) is 34.6 Å². The SMILES string of the molecule is CC.CC(C)C12OC1C1OC13C1(C)CCC4=C(COC4=O)C1CCC3(O)C2O.[HH]. The van der Waals surface area contributed by atoms with Crippen molar-refractivity contribution in [3.8, 4) is 0 Å². The summed E-state index contributed by atoms with van der Waals surface area (Å²) < 4.78 is 17.7. The van der Waals surface area contributed by atoms with Crippen LogP contribution < -0.4 is 0 Å². The molecule has 4 fully saturated rings. The first-order chi connectivity index (χ1) is 13.2. The zero-order valence-electron chi connectivity index (χ0n) is 17.4. The van der Waals surface area contributed by atoms with Crippen LogP contribution in [0.1, 0.15) is 61.7 Å². The number of ether oxygens (including phenoxy) is 3. The van der Waals surface area contributed by atoms with Gasteiger partial charge in [0, 0.05) is 12.4 Å². The summed E-state index contributed by atoms with van der Waals surface area (Å²) in [6, 6.07) is 0. The summed E-state index contributed by atoms with van der Waals surface area (Å²) in [5, 5.41) is 23.1. The smallest absolute Gasteiger partial charge is 0.334 e. The van der Waals surface area contributed by atoms with Crippen LogP contribution in [0.25, 0.3) is 0 Å². The molecule has 1 spiro atoms. The van der Waals surface area contributed by atoms with Gasteiger partial charge < -0.3 is 24.4 Å². The molecule has 2 N–H and O–H groups in total. The van der Waals surface area contributed by atoms with Crippen LogP contribution in [0.4, 0.5) is 0 Å². The second kappa shape index (κ2) is 5.39. The third-order valence-electron chi connectivity index (χ3n) is 8.81. The van der Waals surface area contributed by atoms with Crippen LogP contribution in [0, 0.1) is 17.3 Å². The number of carbonyl (C=O) groups excluding carboxylic acids is 1. The first kappa shape index (κ1) is 19.0. The summed E-state index contributed by atoms with van der Waals surface area (Å²) in [4.78, 5) is 12.0. The summed E-state index contributed by atoms with van der Waals surface area (Å²) in [5.41, 5.74) is -1.17. The number of rotatable bonds is 1. The van der Waals surface area contributed by atoms with Gasteiger partial charge in [-0.05, 0) is 43.1 Å². The molecule has 6 aliphatic rings. The maximum absolute atomic E-state index is 12.0. The molecule has 2 saturated heterocycles. The molecule has 0 amide bonds. The van der Waals surface area contributed by atoms with Crippen LogP contribution in [0.3, 0.4) is 0 Å². The van der Waals surface area contributed by atoms with Crippen LogP contribution in [0.5, 0.6) is 0 Å². The minimum Gasteiger partial charge on any atom is -0.458 e. The van der Waals surface area contributed by atoms with Gasteiger partial charge in [0.05, 0.1) is 0 Å². The van der Waals surface area contributed by atoms with E-state index in [-0.39, 0.29) is 36.9 Å². The lowest BCUT2D eigenvalue weighted by atomic mass is 9.45. The molecule has 3 heterocycles. The lowest BCUT2D eigenvalue weighted by molar-refractivity contribution is -0.217. The Labute approximate surface area is 167 Å². The Hall–Kier alpha value is -0.950. The molecule has 6 rings (SSSR count). The van der Waals surface area contributed by atoms with Crippen molar-refractivity contribution in [3.63, 3.8) is 0 Å². The van der Waals surface area contributed by atoms with E-state index >= 15 is 0 Å². The number of esters is 1. The number of fused-ring (bicyclic) bond motifs is 4. The zero-order valence-corrected chi connectivity index (χ0v) is 17.4. The molecule has 3 aliphatic heterocycles. The van der Waals surface area contributed by atoms with E-state index in [1.165, 1.54) is 0 Å². The molecule has 0 radical (unpaired) electrons. The number of aliphatic hydroxyl groups excluding tert-OH is 1. The summed E-state index contributed by atoms with van der Waals surface area (Å²) >= 11 is 0. The molecular formula is C22H34O6. The number of cyclic esters (lactones) is 1. The van der Waals surface area contributed by atoms with Crippen molar-refractivity contribution in [2.24, 2.45) is 17.3 Å². The second-order valence-corrected chi connectivity index (χ2v) is 9.74. The van der Waals surface area contributed by atoms with Crippen LogP contribution in [0.15, 0.2) is 11.1 Å². The summed E-state index contributed by atoms with van der Waals surface area (Å²) in [5.74, 6) is 0.0860. The summed E-state index contributed by atoms with van der Waals surface area (Å²) in [6.45, 7) is 10.6. The lowest BCUT2D eigenvalue weighted by Gasteiger charge is -2.59. The highest BCUT2D eigenvalue weighted by atomic mass is 16.7. The van der Waals surface area contributed by atoms with Crippen LogP contribution >= 0.6 is 0 Å². The van der Waals surface area contributed by atoms with Crippen LogP contribution in [-0.2, 0) is 19.0 Å². The van der Waals surface area contributed by atoms with Crippen molar-refractivity contribution in [3.05, 3.63) is 11.1 Å². The van der Waals surface area contributed by atoms with Crippen molar-refractivity contribution >= 4 is 5.97 Å². The molecule has 158 valence electrons. The predicted octanol–water partition coefficient (Wildman–Crippen LogP) is 2.36. The third kappa shape index (κ3) is 1.71. The summed E-state index contributed by atoms with van der Waals surface area (Å²) in [6.07, 6.45) is 1.34. The molecule has 8 atom stereocenters. The number of hydrogen-bond acceptors (Lipinski definition) is 6. The van der Waals surface area contributed by atoms with E-state index in [1.807, 2.05) is 27.7 Å². The normalized spacial score (nSPS) is 55.1. The number of aliphatic hydroxyl groups is 2. The molecule has 0 aromatic rings. The van der Waals surface area contributed by atoms with E-state index in [2.05, 4.69) is 6.92 Å². The Morgan fingerprint density at radius 3 is 2.57 bits per heavy atom. The molecule has 8 unspecified atom stereocenters. The van der Waals surface area contributed by atoms with E-state index in [0.717, 1.165) is 24.0 Å². The highest BCUT2D eigenvalue weighted by molar-refractivity contribution is 5.92. The Morgan fingerprint density at radius 1 is 1.18 bits per heavy atom. The molecular weight excluding hydrogens is 360 g/mol. The van der Waals surface area contributed by atoms with E-state index < -0.39 is 22.9 Å². The Morgan fingerprint density at radius 2 is 1.89 bits per heavy atom. The first-order valence-corrected chi connectivity index (χ1v) is 10.9. The van der Waals surface area contributed by atoms with Crippen molar-refractivity contribution in [1.29, 1.82) is 0 Å². The van der Waals surface area contributed by atoms with Crippen molar-refractivity contribution < 1.29 is 30.6 Å². The lowest BCUT2D eigenvalue weighted by Crippen LogP contribution is -2.73. The van der Waals surface area contributed by atoms with E-state index in [0.29, 0.717) is 19.4 Å². The van der Waals surface area contributed by atoms with Gasteiger partial charge in [0.25, 0.3) is 0 Å². The number of epoxide rings is 2. The molecule has 2 saturated carbocycles.